The van der Waals surface area contributed by atoms with Gasteiger partial charge >= 0.3 is 0 Å². The molecule has 3 rings (SSSR count). The average Bonchev–Trinajstić information content (AvgIpc) is 3.16. The quantitative estimate of drug-likeness (QED) is 0.819. The Morgan fingerprint density at radius 2 is 1.96 bits per heavy atom. The van der Waals surface area contributed by atoms with Crippen LogP contribution in [0, 0.1) is 6.92 Å². The molecule has 5 nitrogen and oxygen atoms in total. The van der Waals surface area contributed by atoms with E-state index in [4.69, 9.17) is 5.73 Å². The Labute approximate surface area is 158 Å². The van der Waals surface area contributed by atoms with E-state index >= 15 is 0 Å². The summed E-state index contributed by atoms with van der Waals surface area (Å²) in [6.45, 7) is 4.60. The smallest absolute Gasteiger partial charge is 0.251 e. The summed E-state index contributed by atoms with van der Waals surface area (Å²) in [5.41, 5.74) is 9.47. The number of likely N-dealkylation sites (N-methyl/N-ethyl adjacent to an activating group) is 1. The number of hydrogen-bond acceptors (Lipinski definition) is 4. The fourth-order valence-electron chi connectivity index (χ4n) is 3.29. The van der Waals surface area contributed by atoms with Gasteiger partial charge in [-0.3, -0.25) is 14.5 Å². The minimum atomic E-state index is -0.458. The number of nitrogens with zero attached hydrogens (tertiary/aromatic N) is 1. The van der Waals surface area contributed by atoms with E-state index in [-0.39, 0.29) is 11.9 Å². The number of carbonyl (C=O) groups is 2. The molecule has 1 heterocycles. The number of nitrogens with one attached hydrogen (secondary N) is 1. The van der Waals surface area contributed by atoms with Gasteiger partial charge < -0.3 is 11.1 Å². The summed E-state index contributed by atoms with van der Waals surface area (Å²) in [6.07, 6.45) is 2.87. The number of rotatable bonds is 6. The molecule has 2 amide bonds. The number of fused-ring (bicyclic) bond motifs is 1. The summed E-state index contributed by atoms with van der Waals surface area (Å²) in [7, 11) is 1.92. The number of nitrogens with two attached hydrogens (primary N) is 1. The summed E-state index contributed by atoms with van der Waals surface area (Å²) in [4.78, 5) is 27.7. The van der Waals surface area contributed by atoms with Crippen LogP contribution in [0.15, 0.2) is 24.3 Å². The Morgan fingerprint density at radius 3 is 2.62 bits per heavy atom. The van der Waals surface area contributed by atoms with Crippen LogP contribution >= 0.6 is 11.3 Å². The maximum absolute atomic E-state index is 12.7. The van der Waals surface area contributed by atoms with Crippen molar-refractivity contribution in [2.75, 3.05) is 12.4 Å². The Bertz CT molecular complexity index is 826. The molecule has 138 valence electrons. The summed E-state index contributed by atoms with van der Waals surface area (Å²) in [5.74, 6) is -0.581. The summed E-state index contributed by atoms with van der Waals surface area (Å²) >= 11 is 1.49. The normalized spacial score (nSPS) is 14.3. The largest absolute Gasteiger partial charge is 0.365 e. The first-order chi connectivity index (χ1) is 12.4. The van der Waals surface area contributed by atoms with Gasteiger partial charge in [0.05, 0.1) is 11.6 Å². The maximum atomic E-state index is 12.7. The lowest BCUT2D eigenvalue weighted by Crippen LogP contribution is -2.39. The Balaban J connectivity index is 1.69. The van der Waals surface area contributed by atoms with Crippen LogP contribution in [-0.2, 0) is 24.2 Å². The standard InChI is InChI=1S/C20H25N3O2S/c1-12-7-9-14(10-8-12)11-23(3)13(2)19(25)22-20-17(18(21)24)15-5-4-6-16(15)26-20/h7-10,13H,4-6,11H2,1-3H3,(H2,21,24)(H,22,25). The van der Waals surface area contributed by atoms with Gasteiger partial charge in [0.25, 0.3) is 5.91 Å². The Hall–Kier alpha value is -2.18. The first-order valence-electron chi connectivity index (χ1n) is 8.87. The Morgan fingerprint density at radius 1 is 1.27 bits per heavy atom. The third-order valence-corrected chi connectivity index (χ3v) is 6.20. The fraction of sp³-hybridized carbons (Fsp3) is 0.400. The van der Waals surface area contributed by atoms with Gasteiger partial charge in [-0.25, -0.2) is 0 Å². The maximum Gasteiger partial charge on any atom is 0.251 e. The van der Waals surface area contributed by atoms with Gasteiger partial charge in [0.1, 0.15) is 5.00 Å². The first-order valence-corrected chi connectivity index (χ1v) is 9.69. The number of anilines is 1. The molecule has 0 aliphatic heterocycles. The molecule has 0 fully saturated rings. The summed E-state index contributed by atoms with van der Waals surface area (Å²) in [6, 6.07) is 7.96. The van der Waals surface area contributed by atoms with E-state index in [1.165, 1.54) is 21.8 Å². The lowest BCUT2D eigenvalue weighted by molar-refractivity contribution is -0.120. The van der Waals surface area contributed by atoms with Crippen LogP contribution < -0.4 is 11.1 Å². The van der Waals surface area contributed by atoms with E-state index in [0.717, 1.165) is 30.4 Å². The van der Waals surface area contributed by atoms with Crippen molar-refractivity contribution < 1.29 is 9.59 Å². The molecule has 0 saturated carbocycles. The van der Waals surface area contributed by atoms with Crippen molar-refractivity contribution in [3.05, 3.63) is 51.4 Å². The third-order valence-electron chi connectivity index (χ3n) is 5.00. The molecule has 0 saturated heterocycles. The van der Waals surface area contributed by atoms with E-state index in [2.05, 4.69) is 36.5 Å². The molecule has 0 spiro atoms. The number of amides is 2. The monoisotopic (exact) mass is 371 g/mol. The van der Waals surface area contributed by atoms with Gasteiger partial charge in [0.15, 0.2) is 0 Å². The highest BCUT2D eigenvalue weighted by atomic mass is 32.1. The van der Waals surface area contributed by atoms with Gasteiger partial charge in [-0.1, -0.05) is 29.8 Å². The number of thiophene rings is 1. The van der Waals surface area contributed by atoms with Crippen LogP contribution in [-0.4, -0.2) is 29.8 Å². The molecule has 1 aliphatic carbocycles. The highest BCUT2D eigenvalue weighted by molar-refractivity contribution is 7.17. The molecule has 1 aliphatic rings. The van der Waals surface area contributed by atoms with Crippen molar-refractivity contribution in [1.29, 1.82) is 0 Å². The zero-order valence-electron chi connectivity index (χ0n) is 15.5. The van der Waals surface area contributed by atoms with Gasteiger partial charge in [0, 0.05) is 11.4 Å². The highest BCUT2D eigenvalue weighted by Crippen LogP contribution is 2.38. The molecule has 0 radical (unpaired) electrons. The van der Waals surface area contributed by atoms with Crippen molar-refractivity contribution >= 4 is 28.2 Å². The SMILES string of the molecule is Cc1ccc(CN(C)C(C)C(=O)Nc2sc3c(c2C(N)=O)CCC3)cc1. The molecular formula is C20H25N3O2S. The Kier molecular flexibility index (Phi) is 5.44. The van der Waals surface area contributed by atoms with Crippen LogP contribution in [0.25, 0.3) is 0 Å². The highest BCUT2D eigenvalue weighted by Gasteiger charge is 2.27. The van der Waals surface area contributed by atoms with Crippen LogP contribution in [0.4, 0.5) is 5.00 Å². The summed E-state index contributed by atoms with van der Waals surface area (Å²) < 4.78 is 0. The number of hydrogen-bond donors (Lipinski definition) is 2. The van der Waals surface area contributed by atoms with Gasteiger partial charge in [-0.15, -0.1) is 11.3 Å². The van der Waals surface area contributed by atoms with Crippen LogP contribution in [0.1, 0.15) is 45.3 Å². The second-order valence-corrected chi connectivity index (χ2v) is 8.10. The molecule has 1 unspecified atom stereocenters. The minimum Gasteiger partial charge on any atom is -0.365 e. The molecule has 6 heteroatoms. The number of aryl methyl sites for hydroxylation is 2. The molecule has 26 heavy (non-hydrogen) atoms. The number of carbonyl (C=O) groups excluding carboxylic acids is 2. The fourth-order valence-corrected chi connectivity index (χ4v) is 4.59. The molecule has 3 N–H and O–H groups in total. The zero-order chi connectivity index (χ0) is 18.8. The van der Waals surface area contributed by atoms with Crippen molar-refractivity contribution in [2.24, 2.45) is 5.73 Å². The van der Waals surface area contributed by atoms with Crippen molar-refractivity contribution in [2.45, 2.75) is 45.7 Å². The van der Waals surface area contributed by atoms with Crippen LogP contribution in [0.5, 0.6) is 0 Å². The van der Waals surface area contributed by atoms with E-state index in [1.54, 1.807) is 0 Å². The summed E-state index contributed by atoms with van der Waals surface area (Å²) in [5, 5.41) is 3.53. The van der Waals surface area contributed by atoms with Crippen molar-refractivity contribution in [1.82, 2.24) is 4.90 Å². The molecule has 1 atom stereocenters. The lowest BCUT2D eigenvalue weighted by Gasteiger charge is -2.24. The van der Waals surface area contributed by atoms with Gasteiger partial charge in [0.2, 0.25) is 5.91 Å². The first kappa shape index (κ1) is 18.6. The van der Waals surface area contributed by atoms with Crippen molar-refractivity contribution in [3.63, 3.8) is 0 Å². The average molecular weight is 372 g/mol. The second-order valence-electron chi connectivity index (χ2n) is 6.99. The molecule has 1 aromatic heterocycles. The molecule has 1 aromatic carbocycles. The third kappa shape index (κ3) is 3.81. The number of primary amides is 1. The zero-order valence-corrected chi connectivity index (χ0v) is 16.3. The number of benzene rings is 1. The van der Waals surface area contributed by atoms with Gasteiger partial charge in [-0.2, -0.15) is 0 Å². The van der Waals surface area contributed by atoms with E-state index in [1.807, 2.05) is 18.9 Å². The minimum absolute atomic E-state index is 0.123. The molecule has 2 aromatic rings. The predicted molar refractivity (Wildman–Crippen MR) is 106 cm³/mol. The van der Waals surface area contributed by atoms with E-state index < -0.39 is 5.91 Å². The lowest BCUT2D eigenvalue weighted by atomic mass is 10.1. The van der Waals surface area contributed by atoms with E-state index in [0.29, 0.717) is 17.1 Å². The second kappa shape index (κ2) is 7.60. The predicted octanol–water partition coefficient (Wildman–Crippen LogP) is 3.10. The van der Waals surface area contributed by atoms with Crippen LogP contribution in [0.2, 0.25) is 0 Å². The van der Waals surface area contributed by atoms with Crippen LogP contribution in [0.3, 0.4) is 0 Å². The van der Waals surface area contributed by atoms with Gasteiger partial charge in [-0.05, 0) is 51.3 Å². The molecule has 0 bridgehead atoms. The molecular weight excluding hydrogens is 346 g/mol. The topological polar surface area (TPSA) is 75.4 Å². The van der Waals surface area contributed by atoms with E-state index in [9.17, 15) is 9.59 Å². The van der Waals surface area contributed by atoms with Crippen molar-refractivity contribution in [3.8, 4) is 0 Å².